The van der Waals surface area contributed by atoms with Gasteiger partial charge < -0.3 is 15.5 Å². The zero-order valence-electron chi connectivity index (χ0n) is 16.3. The summed E-state index contributed by atoms with van der Waals surface area (Å²) in [5.74, 6) is -0.603. The van der Waals surface area contributed by atoms with E-state index in [0.717, 1.165) is 57.8 Å². The van der Waals surface area contributed by atoms with E-state index in [1.54, 1.807) is 0 Å². The number of carbonyl (C=O) groups is 2. The van der Waals surface area contributed by atoms with Crippen molar-refractivity contribution in [1.82, 2.24) is 5.32 Å². The van der Waals surface area contributed by atoms with Crippen molar-refractivity contribution in [3.05, 3.63) is 0 Å². The molecule has 0 aliphatic heterocycles. The van der Waals surface area contributed by atoms with E-state index in [1.807, 2.05) is 6.92 Å². The molecular weight excluding hydrogens is 318 g/mol. The molecule has 0 radical (unpaired) electrons. The Kier molecular flexibility index (Phi) is 15.7. The van der Waals surface area contributed by atoms with Crippen LogP contribution in [0.3, 0.4) is 0 Å². The van der Waals surface area contributed by atoms with Gasteiger partial charge in [0.2, 0.25) is 5.91 Å². The number of unbranched alkanes of at least 4 members (excludes halogenated alkanes) is 5. The SMILES string of the molecule is CCCCCC(O)CCCC(CCCCCCC(=O)O)C(=O)NCC. The van der Waals surface area contributed by atoms with E-state index in [9.17, 15) is 14.7 Å². The molecule has 2 atom stereocenters. The number of nitrogens with one attached hydrogen (secondary N) is 1. The highest BCUT2D eigenvalue weighted by Crippen LogP contribution is 2.19. The third-order valence-electron chi connectivity index (χ3n) is 4.65. The predicted octanol–water partition coefficient (Wildman–Crippen LogP) is 4.28. The lowest BCUT2D eigenvalue weighted by molar-refractivity contribution is -0.137. The second-order valence-electron chi connectivity index (χ2n) is 7.02. The Morgan fingerprint density at radius 3 is 2.08 bits per heavy atom. The minimum Gasteiger partial charge on any atom is -0.481 e. The molecule has 0 aliphatic rings. The first-order valence-corrected chi connectivity index (χ1v) is 10.2. The smallest absolute Gasteiger partial charge is 0.303 e. The minimum absolute atomic E-state index is 0.0160. The fourth-order valence-corrected chi connectivity index (χ4v) is 3.12. The first kappa shape index (κ1) is 23.9. The third-order valence-corrected chi connectivity index (χ3v) is 4.65. The molecule has 0 aromatic heterocycles. The average molecular weight is 358 g/mol. The summed E-state index contributed by atoms with van der Waals surface area (Å²) in [6.45, 7) is 4.73. The van der Waals surface area contributed by atoms with Gasteiger partial charge in [-0.3, -0.25) is 9.59 Å². The molecule has 0 aliphatic carbocycles. The molecule has 148 valence electrons. The Morgan fingerprint density at radius 2 is 1.44 bits per heavy atom. The number of rotatable bonds is 17. The molecule has 0 rings (SSSR count). The lowest BCUT2D eigenvalue weighted by Gasteiger charge is -2.17. The fourth-order valence-electron chi connectivity index (χ4n) is 3.12. The molecule has 0 spiro atoms. The Bertz CT molecular complexity index is 347. The maximum absolute atomic E-state index is 12.2. The molecule has 0 saturated heterocycles. The van der Waals surface area contributed by atoms with Gasteiger partial charge in [-0.25, -0.2) is 0 Å². The van der Waals surface area contributed by atoms with Gasteiger partial charge in [-0.1, -0.05) is 51.9 Å². The summed E-state index contributed by atoms with van der Waals surface area (Å²) in [7, 11) is 0. The summed E-state index contributed by atoms with van der Waals surface area (Å²) >= 11 is 0. The molecular formula is C20H39NO4. The van der Waals surface area contributed by atoms with Crippen molar-refractivity contribution in [2.75, 3.05) is 6.54 Å². The zero-order valence-corrected chi connectivity index (χ0v) is 16.3. The quantitative estimate of drug-likeness (QED) is 0.339. The first-order chi connectivity index (χ1) is 12.0. The van der Waals surface area contributed by atoms with E-state index in [4.69, 9.17) is 5.11 Å². The molecule has 2 unspecified atom stereocenters. The Hall–Kier alpha value is -1.10. The van der Waals surface area contributed by atoms with E-state index < -0.39 is 5.97 Å². The van der Waals surface area contributed by atoms with Gasteiger partial charge >= 0.3 is 5.97 Å². The molecule has 5 heteroatoms. The minimum atomic E-state index is -0.738. The maximum Gasteiger partial charge on any atom is 0.303 e. The van der Waals surface area contributed by atoms with Crippen molar-refractivity contribution in [3.63, 3.8) is 0 Å². The van der Waals surface area contributed by atoms with E-state index in [1.165, 1.54) is 12.8 Å². The third kappa shape index (κ3) is 14.9. The van der Waals surface area contributed by atoms with Crippen LogP contribution in [0.5, 0.6) is 0 Å². The van der Waals surface area contributed by atoms with Crippen molar-refractivity contribution in [1.29, 1.82) is 0 Å². The standard InChI is InChI=1S/C20H39NO4/c1-3-5-8-14-18(22)15-11-13-17(20(25)21-4-2)12-9-6-7-10-16-19(23)24/h17-18,22H,3-16H2,1-2H3,(H,21,25)(H,23,24). The van der Waals surface area contributed by atoms with Crippen molar-refractivity contribution >= 4 is 11.9 Å². The molecule has 0 aromatic carbocycles. The van der Waals surface area contributed by atoms with Crippen LogP contribution in [0, 0.1) is 5.92 Å². The van der Waals surface area contributed by atoms with Crippen LogP contribution in [0.2, 0.25) is 0 Å². The first-order valence-electron chi connectivity index (χ1n) is 10.2. The average Bonchev–Trinajstić information content (AvgIpc) is 2.56. The maximum atomic E-state index is 12.2. The highest BCUT2D eigenvalue weighted by molar-refractivity contribution is 5.78. The number of hydrogen-bond donors (Lipinski definition) is 3. The van der Waals surface area contributed by atoms with Crippen LogP contribution >= 0.6 is 0 Å². The second-order valence-corrected chi connectivity index (χ2v) is 7.02. The highest BCUT2D eigenvalue weighted by Gasteiger charge is 2.17. The molecule has 0 fully saturated rings. The summed E-state index contributed by atoms with van der Waals surface area (Å²) in [5.41, 5.74) is 0. The van der Waals surface area contributed by atoms with Crippen molar-refractivity contribution < 1.29 is 19.8 Å². The molecule has 25 heavy (non-hydrogen) atoms. The summed E-state index contributed by atoms with van der Waals surface area (Å²) in [6.07, 6.45) is 11.2. The van der Waals surface area contributed by atoms with Crippen LogP contribution in [0.15, 0.2) is 0 Å². The largest absolute Gasteiger partial charge is 0.481 e. The number of amides is 1. The van der Waals surface area contributed by atoms with Gasteiger partial charge in [0.05, 0.1) is 6.10 Å². The van der Waals surface area contributed by atoms with Crippen molar-refractivity contribution in [2.24, 2.45) is 5.92 Å². The van der Waals surface area contributed by atoms with Gasteiger partial charge in [-0.05, 0) is 39.0 Å². The van der Waals surface area contributed by atoms with E-state index in [2.05, 4.69) is 12.2 Å². The lowest BCUT2D eigenvalue weighted by Crippen LogP contribution is -2.30. The van der Waals surface area contributed by atoms with Gasteiger partial charge in [0.1, 0.15) is 0 Å². The van der Waals surface area contributed by atoms with Crippen LogP contribution in [0.25, 0.3) is 0 Å². The van der Waals surface area contributed by atoms with E-state index in [0.29, 0.717) is 13.0 Å². The van der Waals surface area contributed by atoms with Gasteiger partial charge in [0.25, 0.3) is 0 Å². The molecule has 5 nitrogen and oxygen atoms in total. The number of aliphatic hydroxyl groups excluding tert-OH is 1. The fraction of sp³-hybridized carbons (Fsp3) is 0.900. The number of aliphatic carboxylic acids is 1. The number of carboxylic acids is 1. The zero-order chi connectivity index (χ0) is 18.9. The molecule has 3 N–H and O–H groups in total. The lowest BCUT2D eigenvalue weighted by atomic mass is 9.93. The Balaban J connectivity index is 4.00. The topological polar surface area (TPSA) is 86.6 Å². The number of aliphatic hydroxyl groups is 1. The second kappa shape index (κ2) is 16.4. The predicted molar refractivity (Wildman–Crippen MR) is 102 cm³/mol. The summed E-state index contributed by atoms with van der Waals surface area (Å²) in [5, 5.41) is 21.5. The molecule has 0 aromatic rings. The molecule has 0 heterocycles. The van der Waals surface area contributed by atoms with Crippen LogP contribution in [-0.4, -0.2) is 34.7 Å². The molecule has 0 bridgehead atoms. The van der Waals surface area contributed by atoms with Gasteiger partial charge in [-0.2, -0.15) is 0 Å². The monoisotopic (exact) mass is 357 g/mol. The van der Waals surface area contributed by atoms with Gasteiger partial charge in [0.15, 0.2) is 0 Å². The summed E-state index contributed by atoms with van der Waals surface area (Å²) in [4.78, 5) is 22.7. The molecule has 0 saturated carbocycles. The van der Waals surface area contributed by atoms with Crippen molar-refractivity contribution in [2.45, 2.75) is 103 Å². The van der Waals surface area contributed by atoms with Gasteiger partial charge in [0, 0.05) is 18.9 Å². The highest BCUT2D eigenvalue weighted by atomic mass is 16.4. The van der Waals surface area contributed by atoms with Crippen molar-refractivity contribution in [3.8, 4) is 0 Å². The van der Waals surface area contributed by atoms with Crippen LogP contribution in [0.4, 0.5) is 0 Å². The van der Waals surface area contributed by atoms with Crippen LogP contribution in [0.1, 0.15) is 97.3 Å². The van der Waals surface area contributed by atoms with Gasteiger partial charge in [-0.15, -0.1) is 0 Å². The Morgan fingerprint density at radius 1 is 0.840 bits per heavy atom. The Labute approximate surface area is 153 Å². The van der Waals surface area contributed by atoms with Crippen LogP contribution in [-0.2, 0) is 9.59 Å². The van der Waals surface area contributed by atoms with E-state index >= 15 is 0 Å². The summed E-state index contributed by atoms with van der Waals surface area (Å²) in [6, 6.07) is 0. The summed E-state index contributed by atoms with van der Waals surface area (Å²) < 4.78 is 0. The van der Waals surface area contributed by atoms with E-state index in [-0.39, 0.29) is 24.3 Å². The number of carboxylic acid groups (broad SMARTS) is 1. The van der Waals surface area contributed by atoms with Crippen LogP contribution < -0.4 is 5.32 Å². The number of carbonyl (C=O) groups excluding carboxylic acids is 1. The number of hydrogen-bond acceptors (Lipinski definition) is 3. The normalized spacial score (nSPS) is 13.4. The molecule has 1 amide bonds.